The largest absolute Gasteiger partial charge is 0.396 e. The normalized spacial score (nSPS) is 11.2. The number of aliphatic hydroxyl groups excluding tert-OH is 1. The highest BCUT2D eigenvalue weighted by Gasteiger charge is 1.96. The Hall–Kier alpha value is 0.0400. The average Bonchev–Trinajstić information content (AvgIpc) is 2.16. The van der Waals surface area contributed by atoms with E-state index in [0.717, 1.165) is 25.3 Å². The molecule has 0 saturated carbocycles. The van der Waals surface area contributed by atoms with Crippen LogP contribution in [-0.2, 0) is 14.3 Å². The monoisotopic (exact) mass is 256 g/mol. The highest BCUT2D eigenvalue weighted by molar-refractivity contribution is 7.85. The second-order valence-electron chi connectivity index (χ2n) is 2.75. The topological polar surface area (TPSA) is 63.6 Å². The van der Waals surface area contributed by atoms with Gasteiger partial charge in [0.15, 0.2) is 0 Å². The summed E-state index contributed by atoms with van der Waals surface area (Å²) < 4.78 is 24.7. The molecule has 92 valence electrons. The predicted octanol–water partition coefficient (Wildman–Crippen LogP) is 1.51. The van der Waals surface area contributed by atoms with E-state index in [1.165, 1.54) is 8.20 Å². The molecule has 15 heavy (non-hydrogen) atoms. The molecule has 0 aromatic carbocycles. The molecule has 1 N–H and O–H groups in total. The summed E-state index contributed by atoms with van der Waals surface area (Å²) in [6.07, 6.45) is 3.78. The fraction of sp³-hybridized carbons (Fsp3) is 0.889. The average molecular weight is 256 g/mol. The van der Waals surface area contributed by atoms with Gasteiger partial charge in [-0.05, 0) is 12.8 Å². The maximum absolute atomic E-state index is 10.2. The van der Waals surface area contributed by atoms with Crippen LogP contribution >= 0.6 is 8.20 Å². The van der Waals surface area contributed by atoms with E-state index in [2.05, 4.69) is 16.9 Å². The fourth-order valence-electron chi connectivity index (χ4n) is 0.513. The lowest BCUT2D eigenvalue weighted by molar-refractivity contribution is 0.321. The third-order valence-corrected chi connectivity index (χ3v) is 2.72. The summed E-state index contributed by atoms with van der Waals surface area (Å²) in [6.45, 7) is 4.56. The highest BCUT2D eigenvalue weighted by Crippen LogP contribution is 1.91. The van der Waals surface area contributed by atoms with Gasteiger partial charge in [0.1, 0.15) is 0 Å². The van der Waals surface area contributed by atoms with Crippen molar-refractivity contribution in [2.75, 3.05) is 25.6 Å². The lowest BCUT2D eigenvalue weighted by atomic mass is 10.5. The van der Waals surface area contributed by atoms with Crippen molar-refractivity contribution in [2.45, 2.75) is 26.7 Å². The van der Waals surface area contributed by atoms with Gasteiger partial charge in [-0.15, -0.1) is 8.20 Å². The van der Waals surface area contributed by atoms with Gasteiger partial charge < -0.3 is 5.11 Å². The molecule has 0 spiro atoms. The number of hydrogen-bond donors (Lipinski definition) is 1. The third kappa shape index (κ3) is 24.9. The molecule has 0 fully saturated rings. The van der Waals surface area contributed by atoms with E-state index in [-0.39, 0.29) is 0 Å². The molecule has 0 aliphatic heterocycles. The molecule has 4 nitrogen and oxygen atoms in total. The molecule has 0 rings (SSSR count). The van der Waals surface area contributed by atoms with Crippen LogP contribution in [0.15, 0.2) is 0 Å². The van der Waals surface area contributed by atoms with Gasteiger partial charge in [0.25, 0.3) is 10.1 Å². The van der Waals surface area contributed by atoms with Gasteiger partial charge in [-0.1, -0.05) is 19.6 Å². The van der Waals surface area contributed by atoms with Crippen molar-refractivity contribution in [3.05, 3.63) is 0 Å². The van der Waals surface area contributed by atoms with Gasteiger partial charge in [-0.25, -0.2) is 0 Å². The van der Waals surface area contributed by atoms with E-state index in [9.17, 15) is 8.42 Å². The Morgan fingerprint density at radius 2 is 2.00 bits per heavy atom. The second kappa shape index (κ2) is 12.1. The van der Waals surface area contributed by atoms with E-state index >= 15 is 0 Å². The Morgan fingerprint density at radius 3 is 2.27 bits per heavy atom. The minimum atomic E-state index is -3.19. The zero-order chi connectivity index (χ0) is 12.2. The lowest BCUT2D eigenvalue weighted by Crippen LogP contribution is -2.02. The second-order valence-corrected chi connectivity index (χ2v) is 5.57. The molecule has 0 unspecified atom stereocenters. The van der Waals surface area contributed by atoms with Crippen molar-refractivity contribution in [3.63, 3.8) is 0 Å². The van der Waals surface area contributed by atoms with Crippen LogP contribution in [0.4, 0.5) is 0 Å². The van der Waals surface area contributed by atoms with Gasteiger partial charge >= 0.3 is 0 Å². The third-order valence-electron chi connectivity index (χ3n) is 1.04. The molecule has 0 aliphatic carbocycles. The maximum atomic E-state index is 10.2. The molecular formula is C9H21O4PS. The summed E-state index contributed by atoms with van der Waals surface area (Å²) in [5.41, 5.74) is 0. The molecular weight excluding hydrogens is 235 g/mol. The van der Waals surface area contributed by atoms with E-state index in [1.807, 2.05) is 6.92 Å². The first-order valence-corrected chi connectivity index (χ1v) is 7.88. The van der Waals surface area contributed by atoms with E-state index in [1.54, 1.807) is 0 Å². The molecule has 0 amide bonds. The van der Waals surface area contributed by atoms with Crippen LogP contribution in [0.2, 0.25) is 0 Å². The summed E-state index contributed by atoms with van der Waals surface area (Å²) >= 11 is 0. The zero-order valence-corrected chi connectivity index (χ0v) is 11.4. The van der Waals surface area contributed by atoms with Crippen LogP contribution < -0.4 is 0 Å². The minimum absolute atomic E-state index is 0.291. The first-order chi connectivity index (χ1) is 6.97. The Kier molecular flexibility index (Phi) is 14.1. The fourth-order valence-corrected chi connectivity index (χ4v) is 1.54. The lowest BCUT2D eigenvalue weighted by Gasteiger charge is -1.94. The van der Waals surface area contributed by atoms with Crippen LogP contribution in [0, 0.1) is 0 Å². The van der Waals surface area contributed by atoms with Crippen LogP contribution in [0.1, 0.15) is 26.7 Å². The van der Waals surface area contributed by atoms with Crippen molar-refractivity contribution in [2.24, 2.45) is 0 Å². The predicted molar refractivity (Wildman–Crippen MR) is 66.3 cm³/mol. The highest BCUT2D eigenvalue weighted by atomic mass is 32.2. The molecule has 0 aromatic heterocycles. The number of aliphatic hydroxyl groups is 1. The number of hydrogen-bond acceptors (Lipinski definition) is 4. The molecule has 0 heterocycles. The summed E-state index contributed by atoms with van der Waals surface area (Å²) in [7, 11) is -1.92. The quantitative estimate of drug-likeness (QED) is 0.578. The smallest absolute Gasteiger partial charge is 0.264 e. The van der Waals surface area contributed by atoms with E-state index in [0.29, 0.717) is 13.2 Å². The van der Waals surface area contributed by atoms with Gasteiger partial charge in [0.05, 0.1) is 19.5 Å². The van der Waals surface area contributed by atoms with Crippen molar-refractivity contribution < 1.29 is 17.7 Å². The maximum Gasteiger partial charge on any atom is 0.264 e. The molecule has 0 bridgehead atoms. The van der Waals surface area contributed by atoms with Gasteiger partial charge in [0.2, 0.25) is 0 Å². The van der Waals surface area contributed by atoms with Crippen molar-refractivity contribution >= 4 is 24.1 Å². The Morgan fingerprint density at radius 1 is 1.40 bits per heavy atom. The molecule has 0 aliphatic rings. The molecule has 0 radical (unpaired) electrons. The summed E-state index contributed by atoms with van der Waals surface area (Å²) in [5, 5.41) is 8.27. The molecule has 0 saturated heterocycles. The zero-order valence-electron chi connectivity index (χ0n) is 9.64. The Balaban J connectivity index is 0. The van der Waals surface area contributed by atoms with Gasteiger partial charge in [-0.2, -0.15) is 8.42 Å². The number of rotatable bonds is 6. The first-order valence-electron chi connectivity index (χ1n) is 4.91. The Bertz CT molecular complexity index is 236. The van der Waals surface area contributed by atoms with Crippen LogP contribution in [0.5, 0.6) is 0 Å². The van der Waals surface area contributed by atoms with E-state index in [4.69, 9.17) is 5.11 Å². The van der Waals surface area contributed by atoms with Gasteiger partial charge in [0, 0.05) is 6.16 Å². The van der Waals surface area contributed by atoms with Crippen LogP contribution in [0.25, 0.3) is 0 Å². The standard InChI is InChI=1S/C5H11OP.C4H10O3S/c1-2-4-7-5-3-6;1-3-4-7-8(2,5)6/h4,6H,2-3,5H2,1H3;3-4H2,1-2H3. The van der Waals surface area contributed by atoms with Crippen molar-refractivity contribution in [3.8, 4) is 0 Å². The SMILES string of the molecule is CCC=PCCO.CCCOS(C)(=O)=O. The van der Waals surface area contributed by atoms with Crippen LogP contribution in [-0.4, -0.2) is 45.0 Å². The van der Waals surface area contributed by atoms with Crippen LogP contribution in [0.3, 0.4) is 0 Å². The van der Waals surface area contributed by atoms with Crippen molar-refractivity contribution in [1.82, 2.24) is 0 Å². The summed E-state index contributed by atoms with van der Waals surface area (Å²) in [5.74, 6) is 2.15. The first kappa shape index (κ1) is 17.4. The van der Waals surface area contributed by atoms with E-state index < -0.39 is 10.1 Å². The van der Waals surface area contributed by atoms with Gasteiger partial charge in [-0.3, -0.25) is 4.18 Å². The van der Waals surface area contributed by atoms with Crippen molar-refractivity contribution in [1.29, 1.82) is 0 Å². The minimum Gasteiger partial charge on any atom is -0.396 e. The molecule has 0 atom stereocenters. The Labute approximate surface area is 94.6 Å². The molecule has 6 heteroatoms. The molecule has 0 aromatic rings. The summed E-state index contributed by atoms with van der Waals surface area (Å²) in [6, 6.07) is 0. The summed E-state index contributed by atoms with van der Waals surface area (Å²) in [4.78, 5) is 0.